The summed E-state index contributed by atoms with van der Waals surface area (Å²) in [6, 6.07) is 0. The minimum absolute atomic E-state index is 0.461. The first-order valence-corrected chi connectivity index (χ1v) is 6.21. The molecule has 0 aromatic heterocycles. The van der Waals surface area contributed by atoms with Crippen LogP contribution in [0.4, 0.5) is 0 Å². The summed E-state index contributed by atoms with van der Waals surface area (Å²) >= 11 is -0.995. The summed E-state index contributed by atoms with van der Waals surface area (Å²) in [5, 5.41) is 0. The predicted octanol–water partition coefficient (Wildman–Crippen LogP) is 2.81. The van der Waals surface area contributed by atoms with Gasteiger partial charge < -0.3 is 4.55 Å². The molecule has 0 aliphatic heterocycles. The molecule has 0 aliphatic carbocycles. The highest BCUT2D eigenvalue weighted by Crippen LogP contribution is 2.04. The molecule has 0 fully saturated rings. The highest BCUT2D eigenvalue weighted by Gasteiger charge is 2.06. The second kappa shape index (κ2) is 7.39. The third-order valence-corrected chi connectivity index (χ3v) is 2.88. The minimum atomic E-state index is -0.995. The Hall–Kier alpha value is -0.0200. The van der Waals surface area contributed by atoms with E-state index in [2.05, 4.69) is 32.1 Å². The Morgan fingerprint density at radius 3 is 2.31 bits per heavy atom. The topological polar surface area (TPSA) is 35.4 Å². The van der Waals surface area contributed by atoms with Gasteiger partial charge in [0.2, 0.25) is 0 Å². The SMILES string of the molecule is CC(C)CC/C=N\[S+]([O-])CC(C)C. The van der Waals surface area contributed by atoms with Gasteiger partial charge in [-0.05, 0) is 18.8 Å². The maximum absolute atomic E-state index is 11.2. The van der Waals surface area contributed by atoms with Gasteiger partial charge in [-0.2, -0.15) is 0 Å². The van der Waals surface area contributed by atoms with Crippen LogP contribution in [0, 0.1) is 11.8 Å². The van der Waals surface area contributed by atoms with Crippen LogP contribution in [-0.4, -0.2) is 16.5 Å². The van der Waals surface area contributed by atoms with Crippen LogP contribution < -0.4 is 0 Å². The maximum Gasteiger partial charge on any atom is 0.135 e. The van der Waals surface area contributed by atoms with Crippen LogP contribution in [0.5, 0.6) is 0 Å². The molecule has 0 bridgehead atoms. The monoisotopic (exact) mass is 203 g/mol. The van der Waals surface area contributed by atoms with Crippen LogP contribution in [0.1, 0.15) is 40.5 Å². The second-order valence-corrected chi connectivity index (χ2v) is 5.33. The lowest BCUT2D eigenvalue weighted by Crippen LogP contribution is -2.08. The summed E-state index contributed by atoms with van der Waals surface area (Å²) < 4.78 is 15.2. The van der Waals surface area contributed by atoms with Crippen molar-refractivity contribution in [1.82, 2.24) is 0 Å². The van der Waals surface area contributed by atoms with E-state index >= 15 is 0 Å². The summed E-state index contributed by atoms with van der Waals surface area (Å²) in [5.41, 5.74) is 0. The fourth-order valence-electron chi connectivity index (χ4n) is 0.872. The lowest BCUT2D eigenvalue weighted by atomic mass is 10.1. The van der Waals surface area contributed by atoms with Gasteiger partial charge in [-0.1, -0.05) is 32.1 Å². The van der Waals surface area contributed by atoms with Crippen molar-refractivity contribution in [3.63, 3.8) is 0 Å². The first-order chi connectivity index (χ1) is 6.02. The molecule has 13 heavy (non-hydrogen) atoms. The number of nitrogens with zero attached hydrogens (tertiary/aromatic N) is 1. The van der Waals surface area contributed by atoms with E-state index in [4.69, 9.17) is 0 Å². The molecule has 0 saturated carbocycles. The van der Waals surface area contributed by atoms with Gasteiger partial charge in [0.25, 0.3) is 0 Å². The zero-order valence-corrected chi connectivity index (χ0v) is 9.93. The Balaban J connectivity index is 3.47. The minimum Gasteiger partial charge on any atom is -0.591 e. The van der Waals surface area contributed by atoms with Gasteiger partial charge in [0.05, 0.1) is 17.6 Å². The Bertz CT molecular complexity index is 146. The van der Waals surface area contributed by atoms with Crippen molar-refractivity contribution in [3.8, 4) is 0 Å². The maximum atomic E-state index is 11.2. The zero-order chi connectivity index (χ0) is 10.3. The summed E-state index contributed by atoms with van der Waals surface area (Å²) in [4.78, 5) is 0. The fourth-order valence-corrected chi connectivity index (χ4v) is 1.80. The summed E-state index contributed by atoms with van der Waals surface area (Å²) in [6.45, 7) is 8.47. The van der Waals surface area contributed by atoms with Crippen LogP contribution in [0.2, 0.25) is 0 Å². The second-order valence-electron chi connectivity index (χ2n) is 4.14. The molecule has 78 valence electrons. The van der Waals surface area contributed by atoms with E-state index in [1.165, 1.54) is 0 Å². The van der Waals surface area contributed by atoms with Gasteiger partial charge in [0, 0.05) is 5.92 Å². The first kappa shape index (κ1) is 13.0. The lowest BCUT2D eigenvalue weighted by Gasteiger charge is -2.05. The van der Waals surface area contributed by atoms with E-state index < -0.39 is 11.4 Å². The summed E-state index contributed by atoms with van der Waals surface area (Å²) in [6.07, 6.45) is 3.88. The fraction of sp³-hybridized carbons (Fsp3) is 0.900. The molecule has 3 heteroatoms. The van der Waals surface area contributed by atoms with Crippen LogP contribution in [-0.2, 0) is 11.4 Å². The predicted molar refractivity (Wildman–Crippen MR) is 60.4 cm³/mol. The van der Waals surface area contributed by atoms with Gasteiger partial charge in [-0.15, -0.1) is 0 Å². The molecule has 0 spiro atoms. The van der Waals surface area contributed by atoms with Gasteiger partial charge in [-0.3, -0.25) is 0 Å². The average molecular weight is 203 g/mol. The highest BCUT2D eigenvalue weighted by molar-refractivity contribution is 7.90. The van der Waals surface area contributed by atoms with E-state index in [0.717, 1.165) is 12.8 Å². The van der Waals surface area contributed by atoms with Crippen LogP contribution >= 0.6 is 0 Å². The Labute approximate surface area is 85.1 Å². The summed E-state index contributed by atoms with van der Waals surface area (Å²) in [5.74, 6) is 1.84. The molecule has 0 saturated heterocycles. The standard InChI is InChI=1S/C10H21NOS/c1-9(2)6-5-7-11-13(12)8-10(3)4/h7,9-10H,5-6,8H2,1-4H3/b11-7-. The van der Waals surface area contributed by atoms with E-state index in [0.29, 0.717) is 17.6 Å². The molecular weight excluding hydrogens is 182 g/mol. The molecule has 0 heterocycles. The van der Waals surface area contributed by atoms with Crippen molar-refractivity contribution in [3.05, 3.63) is 0 Å². The van der Waals surface area contributed by atoms with Gasteiger partial charge in [-0.25, -0.2) is 0 Å². The molecule has 0 aromatic carbocycles. The van der Waals surface area contributed by atoms with Gasteiger partial charge in [0.15, 0.2) is 0 Å². The number of rotatable bonds is 6. The van der Waals surface area contributed by atoms with E-state index in [1.807, 2.05) is 0 Å². The molecule has 0 aliphatic rings. The molecule has 2 nitrogen and oxygen atoms in total. The van der Waals surface area contributed by atoms with Crippen LogP contribution in [0.15, 0.2) is 4.40 Å². The zero-order valence-electron chi connectivity index (χ0n) is 9.12. The van der Waals surface area contributed by atoms with E-state index in [9.17, 15) is 4.55 Å². The molecule has 1 unspecified atom stereocenters. The van der Waals surface area contributed by atoms with Gasteiger partial charge >= 0.3 is 0 Å². The molecule has 1 atom stereocenters. The smallest absolute Gasteiger partial charge is 0.135 e. The largest absolute Gasteiger partial charge is 0.591 e. The summed E-state index contributed by atoms with van der Waals surface area (Å²) in [7, 11) is 0. The van der Waals surface area contributed by atoms with E-state index in [-0.39, 0.29) is 0 Å². The Kier molecular flexibility index (Phi) is 7.38. The molecule has 0 N–H and O–H groups in total. The number of hydrogen-bond acceptors (Lipinski definition) is 2. The average Bonchev–Trinajstić information content (AvgIpc) is 1.96. The third kappa shape index (κ3) is 9.90. The van der Waals surface area contributed by atoms with Crippen LogP contribution in [0.25, 0.3) is 0 Å². The third-order valence-electron chi connectivity index (χ3n) is 1.54. The van der Waals surface area contributed by atoms with Crippen molar-refractivity contribution in [2.75, 3.05) is 5.75 Å². The van der Waals surface area contributed by atoms with E-state index in [1.54, 1.807) is 6.21 Å². The normalized spacial score (nSPS) is 14.7. The Morgan fingerprint density at radius 2 is 1.85 bits per heavy atom. The Morgan fingerprint density at radius 1 is 1.23 bits per heavy atom. The molecular formula is C10H21NOS. The lowest BCUT2D eigenvalue weighted by molar-refractivity contribution is 0.582. The first-order valence-electron chi connectivity index (χ1n) is 4.93. The molecule has 0 radical (unpaired) electrons. The highest BCUT2D eigenvalue weighted by atomic mass is 32.2. The quantitative estimate of drug-likeness (QED) is 0.483. The number of hydrogen-bond donors (Lipinski definition) is 0. The molecule has 0 amide bonds. The van der Waals surface area contributed by atoms with Gasteiger partial charge in [0.1, 0.15) is 5.75 Å². The van der Waals surface area contributed by atoms with Crippen molar-refractivity contribution in [2.45, 2.75) is 40.5 Å². The van der Waals surface area contributed by atoms with Crippen molar-refractivity contribution < 1.29 is 4.55 Å². The van der Waals surface area contributed by atoms with Crippen molar-refractivity contribution in [1.29, 1.82) is 0 Å². The van der Waals surface area contributed by atoms with Crippen LogP contribution in [0.3, 0.4) is 0 Å². The van der Waals surface area contributed by atoms with Crippen molar-refractivity contribution in [2.24, 2.45) is 16.2 Å². The molecule has 0 rings (SSSR count). The van der Waals surface area contributed by atoms with Crippen molar-refractivity contribution >= 4 is 17.6 Å². The molecule has 0 aromatic rings.